The van der Waals surface area contributed by atoms with E-state index in [0.717, 1.165) is 19.3 Å². The first-order valence-electron chi connectivity index (χ1n) is 7.81. The topological polar surface area (TPSA) is 78.5 Å². The van der Waals surface area contributed by atoms with Crippen LogP contribution in [0.2, 0.25) is 0 Å². The Kier molecular flexibility index (Phi) is 3.76. The summed E-state index contributed by atoms with van der Waals surface area (Å²) in [5.74, 6) is -2.78. The van der Waals surface area contributed by atoms with Crippen molar-refractivity contribution in [2.45, 2.75) is 62.8 Å². The second kappa shape index (κ2) is 5.38. The molecule has 0 aromatic heterocycles. The molecule has 3 rings (SSSR count). The minimum atomic E-state index is -5.10. The second-order valence-electron chi connectivity index (χ2n) is 6.41. The molecule has 0 aromatic carbocycles. The van der Waals surface area contributed by atoms with E-state index in [1.807, 2.05) is 0 Å². The minimum Gasteiger partial charge on any atom is -0.318 e. The molecule has 0 radical (unpaired) electrons. The van der Waals surface area contributed by atoms with Gasteiger partial charge in [0, 0.05) is 12.0 Å². The van der Waals surface area contributed by atoms with Crippen molar-refractivity contribution in [1.82, 2.24) is 15.5 Å². The number of carbonyl (C=O) groups is 3. The number of nitrogens with one attached hydrogen (secondary N) is 2. The Balaban J connectivity index is 1.88. The van der Waals surface area contributed by atoms with Gasteiger partial charge in [-0.1, -0.05) is 19.3 Å². The second-order valence-corrected chi connectivity index (χ2v) is 6.41. The number of nitrogens with zero attached hydrogens (tertiary/aromatic N) is 1. The van der Waals surface area contributed by atoms with Crippen molar-refractivity contribution < 1.29 is 27.6 Å². The molecule has 9 heteroatoms. The maximum Gasteiger partial charge on any atom is 0.440 e. The quantitative estimate of drug-likeness (QED) is 0.771. The molecule has 23 heavy (non-hydrogen) atoms. The number of alkyl halides is 3. The predicted molar refractivity (Wildman–Crippen MR) is 71.9 cm³/mol. The third-order valence-electron chi connectivity index (χ3n) is 4.68. The number of carbonyl (C=O) groups excluding carboxylic acids is 3. The molecule has 6 nitrogen and oxygen atoms in total. The lowest BCUT2D eigenvalue weighted by atomic mass is 9.94. The van der Waals surface area contributed by atoms with Crippen LogP contribution in [-0.4, -0.2) is 40.6 Å². The average Bonchev–Trinajstić information content (AvgIpc) is 3.27. The molecule has 3 aliphatic rings. The molecule has 3 fully saturated rings. The van der Waals surface area contributed by atoms with E-state index in [1.54, 1.807) is 10.6 Å². The molecule has 0 spiro atoms. The SMILES string of the molecule is O=C(N[C@]1(C(F)(F)F)NC(=O)N(C2CCCCC2)C1=O)C1CC1. The van der Waals surface area contributed by atoms with Gasteiger partial charge in [0.05, 0.1) is 0 Å². The zero-order chi connectivity index (χ0) is 16.8. The number of imide groups is 1. The number of rotatable bonds is 3. The standard InChI is InChI=1S/C14H18F3N3O3/c15-14(16,17)13(18-10(21)8-6-7-8)11(22)20(12(23)19-13)9-4-2-1-3-5-9/h8-9H,1-7H2,(H,18,21)(H,19,23)/t13-/m0/s1. The van der Waals surface area contributed by atoms with Crippen LogP contribution in [0.25, 0.3) is 0 Å². The van der Waals surface area contributed by atoms with E-state index < -0.39 is 41.6 Å². The van der Waals surface area contributed by atoms with Crippen molar-refractivity contribution in [1.29, 1.82) is 0 Å². The first kappa shape index (κ1) is 16.1. The maximum absolute atomic E-state index is 13.5. The third kappa shape index (κ3) is 2.66. The van der Waals surface area contributed by atoms with Crippen LogP contribution in [0.15, 0.2) is 0 Å². The van der Waals surface area contributed by atoms with Crippen LogP contribution >= 0.6 is 0 Å². The van der Waals surface area contributed by atoms with Crippen molar-refractivity contribution in [3.8, 4) is 0 Å². The van der Waals surface area contributed by atoms with Gasteiger partial charge < -0.3 is 5.32 Å². The third-order valence-corrected chi connectivity index (χ3v) is 4.68. The van der Waals surface area contributed by atoms with E-state index in [4.69, 9.17) is 0 Å². The van der Waals surface area contributed by atoms with E-state index in [2.05, 4.69) is 0 Å². The van der Waals surface area contributed by atoms with E-state index >= 15 is 0 Å². The number of hydrogen-bond donors (Lipinski definition) is 2. The molecule has 1 atom stereocenters. The van der Waals surface area contributed by atoms with Crippen LogP contribution in [0, 0.1) is 5.92 Å². The molecule has 1 aliphatic heterocycles. The van der Waals surface area contributed by atoms with Crippen molar-refractivity contribution in [3.63, 3.8) is 0 Å². The summed E-state index contributed by atoms with van der Waals surface area (Å²) in [5, 5.41) is 3.45. The van der Waals surface area contributed by atoms with Gasteiger partial charge in [0.2, 0.25) is 5.91 Å². The number of halogens is 3. The zero-order valence-corrected chi connectivity index (χ0v) is 12.4. The molecule has 128 valence electrons. The summed E-state index contributed by atoms with van der Waals surface area (Å²) in [6.07, 6.45) is -0.684. The van der Waals surface area contributed by atoms with Gasteiger partial charge in [0.1, 0.15) is 0 Å². The van der Waals surface area contributed by atoms with E-state index in [1.165, 1.54) is 0 Å². The molecular weight excluding hydrogens is 315 g/mol. The molecule has 0 unspecified atom stereocenters. The van der Waals surface area contributed by atoms with Crippen LogP contribution < -0.4 is 10.6 Å². The lowest BCUT2D eigenvalue weighted by molar-refractivity contribution is -0.204. The fraction of sp³-hybridized carbons (Fsp3) is 0.786. The summed E-state index contributed by atoms with van der Waals surface area (Å²) in [4.78, 5) is 37.0. The Morgan fingerprint density at radius 1 is 1.13 bits per heavy atom. The van der Waals surface area contributed by atoms with Crippen LogP contribution in [0.4, 0.5) is 18.0 Å². The van der Waals surface area contributed by atoms with Crippen LogP contribution in [0.3, 0.4) is 0 Å². The molecule has 2 saturated carbocycles. The number of urea groups is 1. The fourth-order valence-corrected chi connectivity index (χ4v) is 3.20. The number of amides is 4. The monoisotopic (exact) mass is 333 g/mol. The highest BCUT2D eigenvalue weighted by Crippen LogP contribution is 2.38. The summed E-state index contributed by atoms with van der Waals surface area (Å²) in [7, 11) is 0. The van der Waals surface area contributed by atoms with Crippen molar-refractivity contribution >= 4 is 17.8 Å². The van der Waals surface area contributed by atoms with E-state index in [9.17, 15) is 27.6 Å². The highest BCUT2D eigenvalue weighted by molar-refractivity contribution is 6.09. The number of hydrogen-bond acceptors (Lipinski definition) is 3. The highest BCUT2D eigenvalue weighted by atomic mass is 19.4. The van der Waals surface area contributed by atoms with Crippen molar-refractivity contribution in [3.05, 3.63) is 0 Å². The first-order valence-corrected chi connectivity index (χ1v) is 7.81. The largest absolute Gasteiger partial charge is 0.440 e. The Bertz CT molecular complexity index is 541. The summed E-state index contributed by atoms with van der Waals surface area (Å²) in [5.41, 5.74) is -3.33. The summed E-state index contributed by atoms with van der Waals surface area (Å²) >= 11 is 0. The van der Waals surface area contributed by atoms with Gasteiger partial charge in [-0.3, -0.25) is 19.8 Å². The highest BCUT2D eigenvalue weighted by Gasteiger charge is 2.69. The molecule has 2 aliphatic carbocycles. The minimum absolute atomic E-state index is 0.490. The Morgan fingerprint density at radius 2 is 1.74 bits per heavy atom. The van der Waals surface area contributed by atoms with E-state index in [0.29, 0.717) is 30.6 Å². The zero-order valence-electron chi connectivity index (χ0n) is 12.4. The predicted octanol–water partition coefficient (Wildman–Crippen LogP) is 1.66. The van der Waals surface area contributed by atoms with Crippen LogP contribution in [0.1, 0.15) is 44.9 Å². The van der Waals surface area contributed by atoms with E-state index in [-0.39, 0.29) is 0 Å². The van der Waals surface area contributed by atoms with Gasteiger partial charge in [0.25, 0.3) is 11.6 Å². The molecule has 0 bridgehead atoms. The fourth-order valence-electron chi connectivity index (χ4n) is 3.20. The van der Waals surface area contributed by atoms with Gasteiger partial charge in [-0.15, -0.1) is 0 Å². The van der Waals surface area contributed by atoms with Gasteiger partial charge in [-0.05, 0) is 25.7 Å². The molecule has 0 aromatic rings. The lowest BCUT2D eigenvalue weighted by Crippen LogP contribution is -2.70. The Hall–Kier alpha value is -1.80. The Labute approximate surface area is 130 Å². The normalized spacial score (nSPS) is 29.6. The van der Waals surface area contributed by atoms with Crippen molar-refractivity contribution in [2.24, 2.45) is 5.92 Å². The maximum atomic E-state index is 13.5. The van der Waals surface area contributed by atoms with Gasteiger partial charge in [0.15, 0.2) is 0 Å². The van der Waals surface area contributed by atoms with Crippen LogP contribution in [-0.2, 0) is 9.59 Å². The lowest BCUT2D eigenvalue weighted by Gasteiger charge is -2.32. The van der Waals surface area contributed by atoms with Gasteiger partial charge >= 0.3 is 12.2 Å². The Morgan fingerprint density at radius 3 is 2.26 bits per heavy atom. The summed E-state index contributed by atoms with van der Waals surface area (Å²) in [6, 6.07) is -1.63. The average molecular weight is 333 g/mol. The molecule has 1 heterocycles. The molecule has 2 N–H and O–H groups in total. The molecule has 1 saturated heterocycles. The molecule has 4 amide bonds. The van der Waals surface area contributed by atoms with Gasteiger partial charge in [-0.25, -0.2) is 4.79 Å². The summed E-state index contributed by atoms with van der Waals surface area (Å²) in [6.45, 7) is 0. The van der Waals surface area contributed by atoms with Crippen molar-refractivity contribution in [2.75, 3.05) is 0 Å². The summed E-state index contributed by atoms with van der Waals surface area (Å²) < 4.78 is 40.6. The van der Waals surface area contributed by atoms with Gasteiger partial charge in [-0.2, -0.15) is 13.2 Å². The van der Waals surface area contributed by atoms with Crippen LogP contribution in [0.5, 0.6) is 0 Å². The molecular formula is C14H18F3N3O3. The first-order chi connectivity index (χ1) is 10.8. The smallest absolute Gasteiger partial charge is 0.318 e.